The van der Waals surface area contributed by atoms with Gasteiger partial charge in [0.2, 0.25) is 0 Å². The van der Waals surface area contributed by atoms with E-state index in [0.29, 0.717) is 31.8 Å². The minimum Gasteiger partial charge on any atom is -0.492 e. The SMILES string of the molecule is Cc1cc(OCCN2CCCC2C2COCCC2O)ccc1C(C)C. The lowest BCUT2D eigenvalue weighted by atomic mass is 9.89. The molecule has 0 aromatic heterocycles. The Morgan fingerprint density at radius 1 is 1.32 bits per heavy atom. The molecule has 0 aliphatic carbocycles. The fourth-order valence-corrected chi connectivity index (χ4v) is 4.40. The van der Waals surface area contributed by atoms with E-state index in [-0.39, 0.29) is 12.0 Å². The summed E-state index contributed by atoms with van der Waals surface area (Å²) in [5.41, 5.74) is 2.69. The van der Waals surface area contributed by atoms with E-state index in [1.165, 1.54) is 17.5 Å². The zero-order chi connectivity index (χ0) is 17.8. The van der Waals surface area contributed by atoms with E-state index in [1.54, 1.807) is 0 Å². The Balaban J connectivity index is 1.52. The fraction of sp³-hybridized carbons (Fsp3) is 0.714. The van der Waals surface area contributed by atoms with E-state index in [0.717, 1.165) is 31.7 Å². The first kappa shape index (κ1) is 18.7. The molecule has 0 saturated carbocycles. The maximum Gasteiger partial charge on any atom is 0.119 e. The van der Waals surface area contributed by atoms with Gasteiger partial charge in [-0.15, -0.1) is 0 Å². The van der Waals surface area contributed by atoms with Crippen molar-refractivity contribution in [3.8, 4) is 5.75 Å². The van der Waals surface area contributed by atoms with Crippen molar-refractivity contribution >= 4 is 0 Å². The molecule has 25 heavy (non-hydrogen) atoms. The number of aryl methyl sites for hydroxylation is 1. The van der Waals surface area contributed by atoms with Gasteiger partial charge in [0.05, 0.1) is 12.7 Å². The number of hydrogen-bond acceptors (Lipinski definition) is 4. The minimum absolute atomic E-state index is 0.216. The largest absolute Gasteiger partial charge is 0.492 e. The number of aliphatic hydroxyl groups excluding tert-OH is 1. The Morgan fingerprint density at radius 3 is 2.88 bits per heavy atom. The first-order valence-corrected chi connectivity index (χ1v) is 9.79. The third kappa shape index (κ3) is 4.55. The van der Waals surface area contributed by atoms with Crippen LogP contribution >= 0.6 is 0 Å². The molecule has 0 amide bonds. The Labute approximate surface area is 152 Å². The van der Waals surface area contributed by atoms with E-state index in [1.807, 2.05) is 0 Å². The van der Waals surface area contributed by atoms with Crippen molar-refractivity contribution in [3.63, 3.8) is 0 Å². The highest BCUT2D eigenvalue weighted by molar-refractivity contribution is 5.36. The van der Waals surface area contributed by atoms with Crippen molar-refractivity contribution in [1.82, 2.24) is 4.90 Å². The molecular weight excluding hydrogens is 314 g/mol. The van der Waals surface area contributed by atoms with Crippen LogP contribution in [0, 0.1) is 12.8 Å². The summed E-state index contributed by atoms with van der Waals surface area (Å²) in [5.74, 6) is 1.76. The number of benzene rings is 1. The summed E-state index contributed by atoms with van der Waals surface area (Å²) >= 11 is 0. The van der Waals surface area contributed by atoms with E-state index in [2.05, 4.69) is 43.9 Å². The molecule has 4 heteroatoms. The highest BCUT2D eigenvalue weighted by atomic mass is 16.5. The van der Waals surface area contributed by atoms with Gasteiger partial charge in [0, 0.05) is 25.1 Å². The smallest absolute Gasteiger partial charge is 0.119 e. The highest BCUT2D eigenvalue weighted by Gasteiger charge is 2.37. The number of aliphatic hydroxyl groups is 1. The normalized spacial score (nSPS) is 27.8. The van der Waals surface area contributed by atoms with Crippen molar-refractivity contribution in [2.75, 3.05) is 32.9 Å². The summed E-state index contributed by atoms with van der Waals surface area (Å²) in [4.78, 5) is 2.48. The van der Waals surface area contributed by atoms with Crippen LogP contribution in [0.3, 0.4) is 0 Å². The van der Waals surface area contributed by atoms with Gasteiger partial charge < -0.3 is 14.6 Å². The number of likely N-dealkylation sites (tertiary alicyclic amines) is 1. The van der Waals surface area contributed by atoms with Crippen molar-refractivity contribution in [2.45, 2.75) is 58.1 Å². The number of rotatable bonds is 6. The van der Waals surface area contributed by atoms with Gasteiger partial charge >= 0.3 is 0 Å². The van der Waals surface area contributed by atoms with Gasteiger partial charge in [0.25, 0.3) is 0 Å². The summed E-state index contributed by atoms with van der Waals surface area (Å²) in [6, 6.07) is 6.85. The predicted molar refractivity (Wildman–Crippen MR) is 100 cm³/mol. The minimum atomic E-state index is -0.216. The van der Waals surface area contributed by atoms with E-state index in [9.17, 15) is 5.11 Å². The lowest BCUT2D eigenvalue weighted by molar-refractivity contribution is -0.0634. The van der Waals surface area contributed by atoms with E-state index in [4.69, 9.17) is 9.47 Å². The number of hydrogen-bond donors (Lipinski definition) is 1. The Kier molecular flexibility index (Phi) is 6.37. The standard InChI is InChI=1S/C21H33NO3/c1-15(2)18-7-6-17(13-16(18)3)25-12-10-22-9-4-5-20(22)19-14-24-11-8-21(19)23/h6-7,13,15,19-21,23H,4-5,8-12,14H2,1-3H3. The van der Waals surface area contributed by atoms with Gasteiger partial charge in [-0.3, -0.25) is 4.90 Å². The van der Waals surface area contributed by atoms with Gasteiger partial charge in [-0.05, 0) is 61.9 Å². The van der Waals surface area contributed by atoms with E-state index >= 15 is 0 Å². The molecule has 0 bridgehead atoms. The van der Waals surface area contributed by atoms with Crippen molar-refractivity contribution in [1.29, 1.82) is 0 Å². The Morgan fingerprint density at radius 2 is 2.16 bits per heavy atom. The second-order valence-corrected chi connectivity index (χ2v) is 7.86. The molecule has 1 aromatic carbocycles. The van der Waals surface area contributed by atoms with Gasteiger partial charge in [0.15, 0.2) is 0 Å². The van der Waals surface area contributed by atoms with Gasteiger partial charge in [0.1, 0.15) is 12.4 Å². The van der Waals surface area contributed by atoms with Crippen molar-refractivity contribution in [2.24, 2.45) is 5.92 Å². The van der Waals surface area contributed by atoms with Crippen LogP contribution < -0.4 is 4.74 Å². The Bertz CT molecular complexity index is 560. The summed E-state index contributed by atoms with van der Waals surface area (Å²) in [7, 11) is 0. The van der Waals surface area contributed by atoms with Crippen LogP contribution in [0.25, 0.3) is 0 Å². The molecule has 0 radical (unpaired) electrons. The van der Waals surface area contributed by atoms with Crippen LogP contribution in [0.2, 0.25) is 0 Å². The average molecular weight is 347 g/mol. The molecule has 1 N–H and O–H groups in total. The molecule has 3 unspecified atom stereocenters. The maximum atomic E-state index is 10.3. The molecular formula is C21H33NO3. The third-order valence-electron chi connectivity index (χ3n) is 5.78. The molecule has 4 nitrogen and oxygen atoms in total. The fourth-order valence-electron chi connectivity index (χ4n) is 4.40. The zero-order valence-corrected chi connectivity index (χ0v) is 15.9. The summed E-state index contributed by atoms with van der Waals surface area (Å²) < 4.78 is 11.6. The molecule has 0 spiro atoms. The first-order chi connectivity index (χ1) is 12.1. The molecule has 3 rings (SSSR count). The van der Waals surface area contributed by atoms with Gasteiger partial charge in [-0.1, -0.05) is 19.9 Å². The predicted octanol–water partition coefficient (Wildman–Crippen LogP) is 3.36. The second kappa shape index (κ2) is 8.52. The topological polar surface area (TPSA) is 41.9 Å². The van der Waals surface area contributed by atoms with Crippen molar-refractivity contribution < 1.29 is 14.6 Å². The monoisotopic (exact) mass is 347 g/mol. The highest BCUT2D eigenvalue weighted by Crippen LogP contribution is 2.30. The molecule has 3 atom stereocenters. The van der Waals surface area contributed by atoms with Crippen LogP contribution in [0.5, 0.6) is 5.75 Å². The maximum absolute atomic E-state index is 10.3. The molecule has 2 aliphatic rings. The van der Waals surface area contributed by atoms with E-state index < -0.39 is 0 Å². The molecule has 140 valence electrons. The zero-order valence-electron chi connectivity index (χ0n) is 15.9. The second-order valence-electron chi connectivity index (χ2n) is 7.86. The molecule has 2 fully saturated rings. The quantitative estimate of drug-likeness (QED) is 0.857. The van der Waals surface area contributed by atoms with Crippen LogP contribution in [0.4, 0.5) is 0 Å². The average Bonchev–Trinajstić information content (AvgIpc) is 3.03. The lowest BCUT2D eigenvalue weighted by Crippen LogP contribution is -2.47. The van der Waals surface area contributed by atoms with Crippen LogP contribution in [-0.2, 0) is 4.74 Å². The lowest BCUT2D eigenvalue weighted by Gasteiger charge is -2.37. The molecule has 2 aliphatic heterocycles. The first-order valence-electron chi connectivity index (χ1n) is 9.79. The van der Waals surface area contributed by atoms with Crippen LogP contribution in [0.1, 0.15) is 50.2 Å². The third-order valence-corrected chi connectivity index (χ3v) is 5.78. The summed E-state index contributed by atoms with van der Waals surface area (Å²) in [6.45, 7) is 10.7. The molecule has 1 aromatic rings. The van der Waals surface area contributed by atoms with Gasteiger partial charge in [-0.25, -0.2) is 0 Å². The molecule has 2 heterocycles. The summed E-state index contributed by atoms with van der Waals surface area (Å²) in [6.07, 6.45) is 2.92. The number of ether oxygens (including phenoxy) is 2. The van der Waals surface area contributed by atoms with Crippen LogP contribution in [0.15, 0.2) is 18.2 Å². The summed E-state index contributed by atoms with van der Waals surface area (Å²) in [5, 5.41) is 10.3. The molecule has 2 saturated heterocycles. The number of nitrogens with zero attached hydrogens (tertiary/aromatic N) is 1. The van der Waals surface area contributed by atoms with Gasteiger partial charge in [-0.2, -0.15) is 0 Å². The Hall–Kier alpha value is -1.10. The van der Waals surface area contributed by atoms with Crippen molar-refractivity contribution in [3.05, 3.63) is 29.3 Å². The van der Waals surface area contributed by atoms with Crippen LogP contribution in [-0.4, -0.2) is 55.1 Å².